The molecule has 0 radical (unpaired) electrons. The number of aryl methyl sites for hydroxylation is 1. The smallest absolute Gasteiger partial charge is 0.449 e. The van der Waals surface area contributed by atoms with Crippen LogP contribution in [0.1, 0.15) is 45.9 Å². The summed E-state index contributed by atoms with van der Waals surface area (Å²) in [4.78, 5) is 49.6. The molecule has 1 aliphatic rings. The number of fused-ring (bicyclic) bond motifs is 1. The van der Waals surface area contributed by atoms with Gasteiger partial charge in [0.2, 0.25) is 0 Å². The lowest BCUT2D eigenvalue weighted by Gasteiger charge is -2.36. The highest BCUT2D eigenvalue weighted by Crippen LogP contribution is 2.40. The van der Waals surface area contributed by atoms with Crippen LogP contribution in [0.2, 0.25) is 10.0 Å². The summed E-state index contributed by atoms with van der Waals surface area (Å²) in [5.41, 5.74) is 2.13. The van der Waals surface area contributed by atoms with Crippen molar-refractivity contribution in [1.82, 2.24) is 4.90 Å². The molecule has 0 aliphatic heterocycles. The van der Waals surface area contributed by atoms with E-state index in [4.69, 9.17) is 38.2 Å². The van der Waals surface area contributed by atoms with Crippen LogP contribution in [0.3, 0.4) is 0 Å². The molecule has 4 rings (SSSR count). The Morgan fingerprint density at radius 2 is 1.43 bits per heavy atom. The van der Waals surface area contributed by atoms with Crippen LogP contribution >= 0.6 is 23.2 Å². The van der Waals surface area contributed by atoms with E-state index < -0.39 is 53.2 Å². The predicted octanol–water partition coefficient (Wildman–Crippen LogP) is 6.88. The van der Waals surface area contributed by atoms with Crippen LogP contribution in [0, 0.1) is 0 Å². The van der Waals surface area contributed by atoms with Gasteiger partial charge < -0.3 is 34.4 Å². The van der Waals surface area contributed by atoms with E-state index in [1.807, 2.05) is 24.3 Å². The first-order valence-corrected chi connectivity index (χ1v) is 12.5. The summed E-state index contributed by atoms with van der Waals surface area (Å²) >= 11 is 12.3. The van der Waals surface area contributed by atoms with Gasteiger partial charge >= 0.3 is 18.5 Å². The van der Waals surface area contributed by atoms with Crippen molar-refractivity contribution in [2.75, 3.05) is 0 Å². The first kappa shape index (κ1) is 28.5. The lowest BCUT2D eigenvalue weighted by atomic mass is 9.86. The molecule has 40 heavy (non-hydrogen) atoms. The van der Waals surface area contributed by atoms with E-state index in [-0.39, 0.29) is 11.6 Å². The van der Waals surface area contributed by atoms with Gasteiger partial charge in [0.05, 0.1) is 21.7 Å². The number of carboxylic acid groups (broad SMARTS) is 3. The van der Waals surface area contributed by atoms with Crippen molar-refractivity contribution in [1.29, 1.82) is 0 Å². The highest BCUT2D eigenvalue weighted by molar-refractivity contribution is 6.42. The summed E-state index contributed by atoms with van der Waals surface area (Å²) in [6.07, 6.45) is -3.35. The fourth-order valence-corrected chi connectivity index (χ4v) is 4.92. The Morgan fingerprint density at radius 3 is 2.08 bits per heavy atom. The minimum absolute atomic E-state index is 0.00370. The number of nitrogens with zero attached hydrogens (tertiary/aromatic N) is 1. The van der Waals surface area contributed by atoms with Gasteiger partial charge in [0.25, 0.3) is 5.91 Å². The quantitative estimate of drug-likeness (QED) is 0.195. The van der Waals surface area contributed by atoms with E-state index in [1.54, 1.807) is 18.2 Å². The Balaban J connectivity index is 1.87. The average molecular weight is 590 g/mol. The van der Waals surface area contributed by atoms with E-state index in [9.17, 15) is 24.3 Å². The minimum atomic E-state index is -1.84. The van der Waals surface area contributed by atoms with Gasteiger partial charge in [-0.05, 0) is 48.1 Å². The maximum Gasteiger partial charge on any atom is 0.511 e. The first-order valence-electron chi connectivity index (χ1n) is 11.8. The second kappa shape index (κ2) is 12.1. The number of hydrogen-bond acceptors (Lipinski definition) is 7. The van der Waals surface area contributed by atoms with Crippen LogP contribution in [0.4, 0.5) is 14.4 Å². The van der Waals surface area contributed by atoms with Crippen LogP contribution in [-0.4, -0.2) is 44.6 Å². The third-order valence-electron chi connectivity index (χ3n) is 6.18. The molecule has 3 N–H and O–H groups in total. The normalized spacial score (nSPS) is 14.0. The lowest BCUT2D eigenvalue weighted by molar-refractivity contribution is 0.0633. The summed E-state index contributed by atoms with van der Waals surface area (Å²) in [5.74, 6) is -2.69. The molecule has 3 aromatic rings. The van der Waals surface area contributed by atoms with Crippen LogP contribution in [0.25, 0.3) is 0 Å². The zero-order chi connectivity index (χ0) is 29.0. The Morgan fingerprint density at radius 1 is 0.800 bits per heavy atom. The highest BCUT2D eigenvalue weighted by atomic mass is 35.5. The maximum atomic E-state index is 14.2. The summed E-state index contributed by atoms with van der Waals surface area (Å²) < 4.78 is 14.0. The molecule has 0 saturated carbocycles. The molecule has 1 amide bonds. The molecule has 1 aliphatic carbocycles. The van der Waals surface area contributed by atoms with Gasteiger partial charge in [0.15, 0.2) is 17.2 Å². The molecule has 0 heterocycles. The number of ether oxygens (including phenoxy) is 3. The largest absolute Gasteiger partial charge is 0.511 e. The monoisotopic (exact) mass is 589 g/mol. The van der Waals surface area contributed by atoms with E-state index in [2.05, 4.69) is 9.47 Å². The third kappa shape index (κ3) is 6.56. The van der Waals surface area contributed by atoms with Crippen molar-refractivity contribution in [2.24, 2.45) is 0 Å². The van der Waals surface area contributed by atoms with Crippen molar-refractivity contribution < 1.29 is 48.7 Å². The van der Waals surface area contributed by atoms with Gasteiger partial charge in [-0.25, -0.2) is 14.4 Å². The average Bonchev–Trinajstić information content (AvgIpc) is 2.89. The Kier molecular flexibility index (Phi) is 8.66. The zero-order valence-electron chi connectivity index (χ0n) is 20.5. The molecule has 0 spiro atoms. The van der Waals surface area contributed by atoms with Gasteiger partial charge in [-0.2, -0.15) is 0 Å². The number of hydrogen-bond donors (Lipinski definition) is 3. The van der Waals surface area contributed by atoms with Gasteiger partial charge in [-0.15, -0.1) is 0 Å². The number of carbonyl (C=O) groups excluding carboxylic acids is 1. The molecule has 0 saturated heterocycles. The van der Waals surface area contributed by atoms with Crippen LogP contribution in [0.5, 0.6) is 17.2 Å². The Labute approximate surface area is 237 Å². The van der Waals surface area contributed by atoms with Gasteiger partial charge in [-0.3, -0.25) is 4.79 Å². The van der Waals surface area contributed by atoms with E-state index >= 15 is 0 Å². The van der Waals surface area contributed by atoms with Crippen LogP contribution in [0.15, 0.2) is 54.6 Å². The fourth-order valence-electron chi connectivity index (χ4n) is 4.60. The van der Waals surface area contributed by atoms with E-state index in [0.717, 1.165) is 36.1 Å². The van der Waals surface area contributed by atoms with Gasteiger partial charge in [0.1, 0.15) is 0 Å². The van der Waals surface area contributed by atoms with Crippen molar-refractivity contribution in [3.05, 3.63) is 86.9 Å². The molecule has 0 fully saturated rings. The zero-order valence-corrected chi connectivity index (χ0v) is 22.0. The number of halogens is 2. The summed E-state index contributed by atoms with van der Waals surface area (Å²) in [5, 5.41) is 28.1. The number of carbonyl (C=O) groups is 4. The molecule has 0 aromatic heterocycles. The van der Waals surface area contributed by atoms with Crippen molar-refractivity contribution >= 4 is 47.6 Å². The number of rotatable bonds is 7. The SMILES string of the molecule is O=C(O)Oc1cc(OC(=O)O)c(C(=O)N(Cc2ccc(Cl)c(Cl)c2)[C@H]2CCCc3ccccc32)cc1OC(=O)O. The Hall–Kier alpha value is -4.48. The molecule has 13 heteroatoms. The van der Waals surface area contributed by atoms with E-state index in [0.29, 0.717) is 17.0 Å². The second-order valence-corrected chi connectivity index (χ2v) is 9.50. The molecule has 3 aromatic carbocycles. The van der Waals surface area contributed by atoms with Crippen molar-refractivity contribution in [3.8, 4) is 17.2 Å². The third-order valence-corrected chi connectivity index (χ3v) is 6.92. The highest BCUT2D eigenvalue weighted by Gasteiger charge is 2.33. The first-order chi connectivity index (χ1) is 19.0. The predicted molar refractivity (Wildman–Crippen MR) is 141 cm³/mol. The molecule has 0 unspecified atom stereocenters. The number of amides is 1. The van der Waals surface area contributed by atoms with Crippen molar-refractivity contribution in [2.45, 2.75) is 31.8 Å². The molecule has 0 bridgehead atoms. The molecular formula is C27H21Cl2NO10. The molecular weight excluding hydrogens is 569 g/mol. The lowest BCUT2D eigenvalue weighted by Crippen LogP contribution is -2.36. The van der Waals surface area contributed by atoms with E-state index in [1.165, 1.54) is 4.90 Å². The van der Waals surface area contributed by atoms with Gasteiger partial charge in [0, 0.05) is 18.7 Å². The number of benzene rings is 3. The minimum Gasteiger partial charge on any atom is -0.449 e. The summed E-state index contributed by atoms with van der Waals surface area (Å²) in [6.45, 7) is 0.00370. The molecule has 1 atom stereocenters. The second-order valence-electron chi connectivity index (χ2n) is 8.69. The standard InChI is InChI=1S/C27H21Cl2NO10/c28-18-9-8-14(10-19(18)29)13-30(20-7-3-5-15-4-1-2-6-16(15)20)24(31)17-11-22(39-26(34)35)23(40-27(36)37)12-21(17)38-25(32)33/h1-2,4,6,8-12,20H,3,5,7,13H2,(H,32,33)(H,34,35)(H,36,37)/t20-/m0/s1. The topological polar surface area (TPSA) is 160 Å². The van der Waals surface area contributed by atoms with Gasteiger partial charge in [-0.1, -0.05) is 53.5 Å². The van der Waals surface area contributed by atoms with Crippen LogP contribution < -0.4 is 14.2 Å². The Bertz CT molecular complexity index is 1490. The molecule has 11 nitrogen and oxygen atoms in total. The van der Waals surface area contributed by atoms with Crippen LogP contribution in [-0.2, 0) is 13.0 Å². The molecule has 208 valence electrons. The summed E-state index contributed by atoms with van der Waals surface area (Å²) in [7, 11) is 0. The van der Waals surface area contributed by atoms with Crippen molar-refractivity contribution in [3.63, 3.8) is 0 Å². The summed E-state index contributed by atoms with van der Waals surface area (Å²) in [6, 6.07) is 13.6. The maximum absolute atomic E-state index is 14.2. The fraction of sp³-hybridized carbons (Fsp3) is 0.185.